The number of carbonyl (C=O) groups is 1. The molecule has 2 aromatic heterocycles. The van der Waals surface area contributed by atoms with E-state index < -0.39 is 5.97 Å². The van der Waals surface area contributed by atoms with Gasteiger partial charge in [0, 0.05) is 41.7 Å². The quantitative estimate of drug-likeness (QED) is 0.320. The first-order valence-electron chi connectivity index (χ1n) is 12.1. The predicted octanol–water partition coefficient (Wildman–Crippen LogP) is 6.14. The van der Waals surface area contributed by atoms with Crippen molar-refractivity contribution >= 4 is 40.0 Å². The fourth-order valence-corrected chi connectivity index (χ4v) is 7.23. The van der Waals surface area contributed by atoms with Crippen molar-refractivity contribution in [1.29, 1.82) is 0 Å². The lowest BCUT2D eigenvalue weighted by Gasteiger charge is -2.38. The summed E-state index contributed by atoms with van der Waals surface area (Å²) in [6, 6.07) is 12.5. The third-order valence-electron chi connectivity index (χ3n) is 6.84. The standard InChI is InChI=1S/C27H34N2O3S2/c1-19-6-9-27(34-19)33-15-14-29-13-11-20(22(18-29)16-26(30)31)4-3-5-21-10-12-28-25-8-7-23(32-2)17-24(21)25/h6-10,12,17,20,22H,3-5,11,13-16,18H2,1-2H3,(H,30,31)/t20-,22+/m1/s1. The Kier molecular flexibility index (Phi) is 8.86. The van der Waals surface area contributed by atoms with E-state index in [1.807, 2.05) is 41.4 Å². The Morgan fingerprint density at radius 3 is 2.91 bits per heavy atom. The Morgan fingerprint density at radius 1 is 1.26 bits per heavy atom. The minimum absolute atomic E-state index is 0.231. The van der Waals surface area contributed by atoms with Crippen molar-refractivity contribution in [3.05, 3.63) is 53.0 Å². The highest BCUT2D eigenvalue weighted by Crippen LogP contribution is 2.32. The predicted molar refractivity (Wildman–Crippen MR) is 141 cm³/mol. The summed E-state index contributed by atoms with van der Waals surface area (Å²) < 4.78 is 6.77. The molecule has 1 aliphatic rings. The molecule has 0 aliphatic carbocycles. The number of benzene rings is 1. The number of piperidine rings is 1. The second-order valence-electron chi connectivity index (χ2n) is 9.17. The molecule has 0 spiro atoms. The van der Waals surface area contributed by atoms with Crippen molar-refractivity contribution in [3.8, 4) is 5.75 Å². The Labute approximate surface area is 210 Å². The molecule has 1 saturated heterocycles. The van der Waals surface area contributed by atoms with E-state index in [2.05, 4.69) is 41.1 Å². The van der Waals surface area contributed by atoms with E-state index in [0.717, 1.165) is 67.7 Å². The number of aromatic nitrogens is 1. The number of ether oxygens (including phenoxy) is 1. The van der Waals surface area contributed by atoms with Crippen molar-refractivity contribution in [1.82, 2.24) is 9.88 Å². The number of hydrogen-bond acceptors (Lipinski definition) is 6. The van der Waals surface area contributed by atoms with Crippen LogP contribution in [0.4, 0.5) is 0 Å². The van der Waals surface area contributed by atoms with Gasteiger partial charge < -0.3 is 14.7 Å². The lowest BCUT2D eigenvalue weighted by atomic mass is 9.80. The maximum Gasteiger partial charge on any atom is 0.303 e. The van der Waals surface area contributed by atoms with Crippen LogP contribution in [0.5, 0.6) is 5.75 Å². The number of carboxylic acid groups (broad SMARTS) is 1. The number of methoxy groups -OCH3 is 1. The van der Waals surface area contributed by atoms with Crippen molar-refractivity contribution in [2.45, 2.75) is 43.2 Å². The zero-order valence-electron chi connectivity index (χ0n) is 20.0. The molecule has 3 aromatic rings. The largest absolute Gasteiger partial charge is 0.497 e. The molecule has 5 nitrogen and oxygen atoms in total. The monoisotopic (exact) mass is 498 g/mol. The van der Waals surface area contributed by atoms with Gasteiger partial charge in [0.15, 0.2) is 0 Å². The van der Waals surface area contributed by atoms with Crippen LogP contribution >= 0.6 is 23.1 Å². The molecule has 1 fully saturated rings. The van der Waals surface area contributed by atoms with Crippen LogP contribution in [0.15, 0.2) is 46.8 Å². The van der Waals surface area contributed by atoms with Gasteiger partial charge in [0.25, 0.3) is 0 Å². The van der Waals surface area contributed by atoms with Crippen LogP contribution in [0.1, 0.15) is 36.1 Å². The van der Waals surface area contributed by atoms with Gasteiger partial charge in [-0.1, -0.05) is 0 Å². The Hall–Kier alpha value is -2.09. The zero-order valence-corrected chi connectivity index (χ0v) is 21.7. The lowest BCUT2D eigenvalue weighted by Crippen LogP contribution is -2.42. The van der Waals surface area contributed by atoms with Gasteiger partial charge in [-0.15, -0.1) is 23.1 Å². The summed E-state index contributed by atoms with van der Waals surface area (Å²) in [5.41, 5.74) is 2.28. The third kappa shape index (κ3) is 6.74. The fraction of sp³-hybridized carbons (Fsp3) is 0.481. The van der Waals surface area contributed by atoms with Gasteiger partial charge in [-0.3, -0.25) is 9.78 Å². The molecule has 0 bridgehead atoms. The highest BCUT2D eigenvalue weighted by Gasteiger charge is 2.30. The number of aryl methyl sites for hydroxylation is 2. The summed E-state index contributed by atoms with van der Waals surface area (Å²) >= 11 is 3.76. The lowest BCUT2D eigenvalue weighted by molar-refractivity contribution is -0.139. The van der Waals surface area contributed by atoms with Crippen LogP contribution in [-0.2, 0) is 11.2 Å². The minimum atomic E-state index is -0.674. The number of thiophene rings is 1. The molecule has 3 heterocycles. The number of pyridine rings is 1. The molecule has 2 atom stereocenters. The Morgan fingerprint density at radius 2 is 2.15 bits per heavy atom. The van der Waals surface area contributed by atoms with Crippen molar-refractivity contribution in [2.75, 3.05) is 32.5 Å². The number of fused-ring (bicyclic) bond motifs is 1. The van der Waals surface area contributed by atoms with E-state index in [1.165, 1.54) is 14.6 Å². The van der Waals surface area contributed by atoms with E-state index in [4.69, 9.17) is 4.74 Å². The first-order valence-corrected chi connectivity index (χ1v) is 13.9. The first-order chi connectivity index (χ1) is 16.5. The van der Waals surface area contributed by atoms with Gasteiger partial charge in [-0.2, -0.15) is 0 Å². The number of carboxylic acids is 1. The van der Waals surface area contributed by atoms with Crippen LogP contribution in [0.2, 0.25) is 0 Å². The maximum atomic E-state index is 11.6. The highest BCUT2D eigenvalue weighted by atomic mass is 32.2. The van der Waals surface area contributed by atoms with Crippen molar-refractivity contribution in [3.63, 3.8) is 0 Å². The molecule has 7 heteroatoms. The number of aliphatic carboxylic acids is 1. The molecule has 4 rings (SSSR count). The van der Waals surface area contributed by atoms with Crippen molar-refractivity contribution < 1.29 is 14.6 Å². The Bertz CT molecular complexity index is 1100. The van der Waals surface area contributed by atoms with Crippen LogP contribution in [0.25, 0.3) is 10.9 Å². The minimum Gasteiger partial charge on any atom is -0.497 e. The maximum absolute atomic E-state index is 11.6. The average molecular weight is 499 g/mol. The molecular formula is C27H34N2O3S2. The summed E-state index contributed by atoms with van der Waals surface area (Å²) in [6.07, 6.45) is 6.35. The second kappa shape index (κ2) is 12.0. The Balaban J connectivity index is 1.31. The van der Waals surface area contributed by atoms with Crippen LogP contribution < -0.4 is 4.74 Å². The topological polar surface area (TPSA) is 62.7 Å². The van der Waals surface area contributed by atoms with Crippen molar-refractivity contribution in [2.24, 2.45) is 11.8 Å². The summed E-state index contributed by atoms with van der Waals surface area (Å²) in [5.74, 6) is 1.94. The van der Waals surface area contributed by atoms with E-state index >= 15 is 0 Å². The molecule has 0 saturated carbocycles. The van der Waals surface area contributed by atoms with Gasteiger partial charge >= 0.3 is 5.97 Å². The van der Waals surface area contributed by atoms with Crippen LogP contribution in [0.3, 0.4) is 0 Å². The number of rotatable bonds is 11. The summed E-state index contributed by atoms with van der Waals surface area (Å²) in [7, 11) is 1.69. The number of nitrogens with zero attached hydrogens (tertiary/aromatic N) is 2. The molecule has 1 N–H and O–H groups in total. The highest BCUT2D eigenvalue weighted by molar-refractivity contribution is 8.01. The second-order valence-corrected chi connectivity index (χ2v) is 11.8. The molecule has 1 aliphatic heterocycles. The SMILES string of the molecule is COc1ccc2nccc(CCC[C@@H]3CCN(CCSc4ccc(C)s4)C[C@@H]3CC(=O)O)c2c1. The number of thioether (sulfide) groups is 1. The van der Waals surface area contributed by atoms with Gasteiger partial charge in [0.2, 0.25) is 0 Å². The van der Waals surface area contributed by atoms with Crippen LogP contribution in [-0.4, -0.2) is 53.5 Å². The number of hydrogen-bond donors (Lipinski definition) is 1. The smallest absolute Gasteiger partial charge is 0.303 e. The number of likely N-dealkylation sites (tertiary alicyclic amines) is 1. The van der Waals surface area contributed by atoms with E-state index in [-0.39, 0.29) is 12.3 Å². The van der Waals surface area contributed by atoms with Gasteiger partial charge in [-0.05, 0) is 92.9 Å². The van der Waals surface area contributed by atoms with Gasteiger partial charge in [-0.25, -0.2) is 0 Å². The third-order valence-corrected chi connectivity index (χ3v) is 9.05. The molecular weight excluding hydrogens is 464 g/mol. The molecule has 1 aromatic carbocycles. The molecule has 0 radical (unpaired) electrons. The van der Waals surface area contributed by atoms with E-state index in [0.29, 0.717) is 5.92 Å². The summed E-state index contributed by atoms with van der Waals surface area (Å²) in [4.78, 5) is 19.9. The first kappa shape index (κ1) is 25.0. The fourth-order valence-electron chi connectivity index (χ4n) is 5.04. The van der Waals surface area contributed by atoms with Gasteiger partial charge in [0.1, 0.15) is 5.75 Å². The molecule has 0 amide bonds. The molecule has 34 heavy (non-hydrogen) atoms. The normalized spacial score (nSPS) is 18.9. The van der Waals surface area contributed by atoms with Gasteiger partial charge in [0.05, 0.1) is 16.8 Å². The van der Waals surface area contributed by atoms with E-state index in [9.17, 15) is 9.90 Å². The van der Waals surface area contributed by atoms with Crippen LogP contribution in [0, 0.1) is 18.8 Å². The molecule has 0 unspecified atom stereocenters. The van der Waals surface area contributed by atoms with E-state index in [1.54, 1.807) is 7.11 Å². The summed E-state index contributed by atoms with van der Waals surface area (Å²) in [6.45, 7) is 5.13. The zero-order chi connectivity index (χ0) is 23.9. The molecule has 182 valence electrons. The average Bonchev–Trinajstić information content (AvgIpc) is 3.24. The summed E-state index contributed by atoms with van der Waals surface area (Å²) in [5, 5.41) is 10.7.